The highest BCUT2D eigenvalue weighted by atomic mass is 32.1. The summed E-state index contributed by atoms with van der Waals surface area (Å²) in [7, 11) is 0. The van der Waals surface area contributed by atoms with E-state index in [4.69, 9.17) is 0 Å². The molecule has 0 saturated heterocycles. The molecule has 0 radical (unpaired) electrons. The second kappa shape index (κ2) is 2.94. The second-order valence-electron chi connectivity index (χ2n) is 2.24. The highest BCUT2D eigenvalue weighted by Gasteiger charge is 1.99. The number of thiol groups is 1. The molecule has 12 heavy (non-hydrogen) atoms. The van der Waals surface area contributed by atoms with Crippen molar-refractivity contribution in [2.24, 2.45) is 0 Å². The SMILES string of the molecule is Sc1ccc(-c2ncn[nH]2)nc1. The minimum atomic E-state index is 0.670. The van der Waals surface area contributed by atoms with E-state index in [1.54, 1.807) is 6.20 Å². The van der Waals surface area contributed by atoms with E-state index in [0.29, 0.717) is 5.82 Å². The van der Waals surface area contributed by atoms with Gasteiger partial charge in [0, 0.05) is 11.1 Å². The number of aromatic nitrogens is 4. The Bertz CT molecular complexity index is 353. The van der Waals surface area contributed by atoms with Crippen LogP contribution in [-0.2, 0) is 0 Å². The number of nitrogens with zero attached hydrogens (tertiary/aromatic N) is 3. The average Bonchev–Trinajstić information content (AvgIpc) is 2.58. The van der Waals surface area contributed by atoms with Gasteiger partial charge in [-0.05, 0) is 12.1 Å². The smallest absolute Gasteiger partial charge is 0.174 e. The van der Waals surface area contributed by atoms with Gasteiger partial charge in [0.05, 0.1) is 0 Å². The molecule has 0 aliphatic rings. The van der Waals surface area contributed by atoms with E-state index in [2.05, 4.69) is 32.8 Å². The number of H-pyrrole nitrogens is 1. The van der Waals surface area contributed by atoms with Gasteiger partial charge in [-0.25, -0.2) is 4.98 Å². The van der Waals surface area contributed by atoms with E-state index in [1.807, 2.05) is 12.1 Å². The largest absolute Gasteiger partial charge is 0.258 e. The lowest BCUT2D eigenvalue weighted by Crippen LogP contribution is -1.84. The van der Waals surface area contributed by atoms with Crippen LogP contribution >= 0.6 is 12.6 Å². The lowest BCUT2D eigenvalue weighted by molar-refractivity contribution is 1.08. The number of rotatable bonds is 1. The zero-order valence-corrected chi connectivity index (χ0v) is 6.99. The molecule has 2 rings (SSSR count). The molecule has 0 fully saturated rings. The van der Waals surface area contributed by atoms with Gasteiger partial charge in [0.15, 0.2) is 5.82 Å². The standard InChI is InChI=1S/C7H6N4S/c12-5-1-2-6(8-3-5)7-9-4-10-11-7/h1-4,12H,(H,9,10,11). The fraction of sp³-hybridized carbons (Fsp3) is 0. The van der Waals surface area contributed by atoms with Gasteiger partial charge >= 0.3 is 0 Å². The molecule has 0 aromatic carbocycles. The molecule has 0 aliphatic heterocycles. The topological polar surface area (TPSA) is 54.5 Å². The van der Waals surface area contributed by atoms with E-state index in [0.717, 1.165) is 10.6 Å². The van der Waals surface area contributed by atoms with Gasteiger partial charge in [-0.1, -0.05) is 0 Å². The van der Waals surface area contributed by atoms with E-state index >= 15 is 0 Å². The summed E-state index contributed by atoms with van der Waals surface area (Å²) in [5, 5.41) is 6.45. The first-order valence-corrected chi connectivity index (χ1v) is 3.82. The molecule has 0 amide bonds. The molecule has 0 bridgehead atoms. The third-order valence-corrected chi connectivity index (χ3v) is 1.67. The maximum absolute atomic E-state index is 4.12. The van der Waals surface area contributed by atoms with Crippen LogP contribution in [0.3, 0.4) is 0 Å². The van der Waals surface area contributed by atoms with Gasteiger partial charge in [0.1, 0.15) is 12.0 Å². The Morgan fingerprint density at radius 2 is 2.17 bits per heavy atom. The van der Waals surface area contributed by atoms with Crippen molar-refractivity contribution in [3.05, 3.63) is 24.7 Å². The van der Waals surface area contributed by atoms with Crippen molar-refractivity contribution in [2.45, 2.75) is 4.90 Å². The first-order chi connectivity index (χ1) is 5.86. The average molecular weight is 178 g/mol. The molecule has 0 saturated carbocycles. The van der Waals surface area contributed by atoms with Crippen LogP contribution in [0.15, 0.2) is 29.6 Å². The van der Waals surface area contributed by atoms with Crippen LogP contribution in [0.2, 0.25) is 0 Å². The minimum absolute atomic E-state index is 0.670. The Morgan fingerprint density at radius 3 is 2.75 bits per heavy atom. The van der Waals surface area contributed by atoms with Crippen LogP contribution in [0.5, 0.6) is 0 Å². The molecule has 0 aliphatic carbocycles. The molecule has 0 atom stereocenters. The number of hydrogen-bond acceptors (Lipinski definition) is 4. The number of nitrogens with one attached hydrogen (secondary N) is 1. The molecular formula is C7H6N4S. The third-order valence-electron chi connectivity index (χ3n) is 1.41. The molecule has 1 N–H and O–H groups in total. The highest BCUT2D eigenvalue weighted by Crippen LogP contribution is 2.11. The normalized spacial score (nSPS) is 10.1. The first-order valence-electron chi connectivity index (χ1n) is 3.37. The van der Waals surface area contributed by atoms with Crippen molar-refractivity contribution >= 4 is 12.6 Å². The van der Waals surface area contributed by atoms with Gasteiger partial charge in [-0.15, -0.1) is 12.6 Å². The van der Waals surface area contributed by atoms with Gasteiger partial charge in [0.2, 0.25) is 0 Å². The van der Waals surface area contributed by atoms with Crippen LogP contribution in [0.4, 0.5) is 0 Å². The summed E-state index contributed by atoms with van der Waals surface area (Å²) in [4.78, 5) is 8.90. The van der Waals surface area contributed by atoms with Crippen molar-refractivity contribution in [3.63, 3.8) is 0 Å². The predicted octanol–water partition coefficient (Wildman–Crippen LogP) is 1.16. The Balaban J connectivity index is 2.43. The monoisotopic (exact) mass is 178 g/mol. The summed E-state index contributed by atoms with van der Waals surface area (Å²) >= 11 is 4.12. The van der Waals surface area contributed by atoms with Crippen LogP contribution in [0.1, 0.15) is 0 Å². The van der Waals surface area contributed by atoms with Crippen LogP contribution in [-0.4, -0.2) is 20.2 Å². The molecule has 2 aromatic rings. The third kappa shape index (κ3) is 1.31. The second-order valence-corrected chi connectivity index (χ2v) is 2.75. The molecular weight excluding hydrogens is 172 g/mol. The van der Waals surface area contributed by atoms with Crippen molar-refractivity contribution < 1.29 is 0 Å². The Kier molecular flexibility index (Phi) is 1.79. The van der Waals surface area contributed by atoms with E-state index in [-0.39, 0.29) is 0 Å². The summed E-state index contributed by atoms with van der Waals surface area (Å²) in [6, 6.07) is 3.69. The van der Waals surface area contributed by atoms with Crippen molar-refractivity contribution in [2.75, 3.05) is 0 Å². The molecule has 0 spiro atoms. The lowest BCUT2D eigenvalue weighted by atomic mass is 10.3. The van der Waals surface area contributed by atoms with Crippen molar-refractivity contribution in [3.8, 4) is 11.5 Å². The van der Waals surface area contributed by atoms with Crippen molar-refractivity contribution in [1.82, 2.24) is 20.2 Å². The maximum atomic E-state index is 4.12. The van der Waals surface area contributed by atoms with Gasteiger partial charge in [-0.3, -0.25) is 10.1 Å². The van der Waals surface area contributed by atoms with Gasteiger partial charge < -0.3 is 0 Å². The fourth-order valence-corrected chi connectivity index (χ4v) is 0.987. The molecule has 5 heteroatoms. The molecule has 60 valence electrons. The Morgan fingerprint density at radius 1 is 1.25 bits per heavy atom. The summed E-state index contributed by atoms with van der Waals surface area (Å²) < 4.78 is 0. The summed E-state index contributed by atoms with van der Waals surface area (Å²) in [6.07, 6.45) is 3.12. The fourth-order valence-electron chi connectivity index (χ4n) is 0.855. The summed E-state index contributed by atoms with van der Waals surface area (Å²) in [5.74, 6) is 0.670. The molecule has 4 nitrogen and oxygen atoms in total. The van der Waals surface area contributed by atoms with E-state index in [9.17, 15) is 0 Å². The molecule has 2 aromatic heterocycles. The van der Waals surface area contributed by atoms with Gasteiger partial charge in [-0.2, -0.15) is 5.10 Å². The number of hydrogen-bond donors (Lipinski definition) is 2. The maximum Gasteiger partial charge on any atom is 0.174 e. The minimum Gasteiger partial charge on any atom is -0.258 e. The van der Waals surface area contributed by atoms with Crippen molar-refractivity contribution in [1.29, 1.82) is 0 Å². The van der Waals surface area contributed by atoms with Crippen LogP contribution < -0.4 is 0 Å². The molecule has 0 unspecified atom stereocenters. The zero-order chi connectivity index (χ0) is 8.39. The lowest BCUT2D eigenvalue weighted by Gasteiger charge is -1.93. The first kappa shape index (κ1) is 7.30. The van der Waals surface area contributed by atoms with Gasteiger partial charge in [0.25, 0.3) is 0 Å². The van der Waals surface area contributed by atoms with E-state index in [1.165, 1.54) is 6.33 Å². The summed E-state index contributed by atoms with van der Waals surface area (Å²) in [5.41, 5.74) is 0.769. The number of aromatic amines is 1. The predicted molar refractivity (Wildman–Crippen MR) is 46.9 cm³/mol. The van der Waals surface area contributed by atoms with Crippen LogP contribution in [0.25, 0.3) is 11.5 Å². The quantitative estimate of drug-likeness (QED) is 0.644. The number of pyridine rings is 1. The Hall–Kier alpha value is -1.36. The summed E-state index contributed by atoms with van der Waals surface area (Å²) in [6.45, 7) is 0. The zero-order valence-electron chi connectivity index (χ0n) is 6.10. The Labute approximate surface area is 74.5 Å². The van der Waals surface area contributed by atoms with E-state index < -0.39 is 0 Å². The molecule has 2 heterocycles. The highest BCUT2D eigenvalue weighted by molar-refractivity contribution is 7.80. The van der Waals surface area contributed by atoms with Crippen LogP contribution in [0, 0.1) is 0 Å².